The largest absolute Gasteiger partial charge is 0.480 e. The molecule has 7 nitrogen and oxygen atoms in total. The van der Waals surface area contributed by atoms with Gasteiger partial charge in [0, 0.05) is 18.2 Å². The Labute approximate surface area is 96.6 Å². The summed E-state index contributed by atoms with van der Waals surface area (Å²) in [7, 11) is 0. The van der Waals surface area contributed by atoms with Crippen molar-refractivity contribution in [3.8, 4) is 0 Å². The molecule has 1 aromatic rings. The van der Waals surface area contributed by atoms with Crippen molar-refractivity contribution in [2.24, 2.45) is 0 Å². The maximum absolute atomic E-state index is 10.7. The van der Waals surface area contributed by atoms with Crippen molar-refractivity contribution in [3.05, 3.63) is 39.9 Å². The van der Waals surface area contributed by atoms with Gasteiger partial charge >= 0.3 is 5.97 Å². The van der Waals surface area contributed by atoms with E-state index in [4.69, 9.17) is 5.11 Å². The van der Waals surface area contributed by atoms with Crippen LogP contribution >= 0.6 is 0 Å². The molecule has 0 amide bonds. The van der Waals surface area contributed by atoms with Gasteiger partial charge in [0.05, 0.1) is 4.92 Å². The van der Waals surface area contributed by atoms with Gasteiger partial charge in [-0.1, -0.05) is 12.1 Å². The van der Waals surface area contributed by atoms with Crippen molar-refractivity contribution >= 4 is 11.7 Å². The maximum atomic E-state index is 10.7. The SMILES string of the molecule is O=C(O)C1CC(c2ccc([N+](=O)[O-])cc2)NN1. The van der Waals surface area contributed by atoms with Crippen LogP contribution in [0.2, 0.25) is 0 Å². The predicted molar refractivity (Wildman–Crippen MR) is 58.1 cm³/mol. The summed E-state index contributed by atoms with van der Waals surface area (Å²) in [4.78, 5) is 20.7. The van der Waals surface area contributed by atoms with E-state index >= 15 is 0 Å². The van der Waals surface area contributed by atoms with Gasteiger partial charge < -0.3 is 5.11 Å². The molecule has 7 heteroatoms. The molecule has 1 aromatic carbocycles. The highest BCUT2D eigenvalue weighted by molar-refractivity contribution is 5.73. The monoisotopic (exact) mass is 237 g/mol. The van der Waals surface area contributed by atoms with E-state index < -0.39 is 16.9 Å². The summed E-state index contributed by atoms with van der Waals surface area (Å²) in [6, 6.07) is 5.30. The van der Waals surface area contributed by atoms with Gasteiger partial charge in [-0.05, 0) is 12.0 Å². The molecule has 1 aliphatic rings. The number of nitro benzene ring substituents is 1. The number of benzene rings is 1. The number of carbonyl (C=O) groups is 1. The van der Waals surface area contributed by atoms with E-state index in [1.807, 2.05) is 0 Å². The number of nitrogens with zero attached hydrogens (tertiary/aromatic N) is 1. The third kappa shape index (κ3) is 2.40. The van der Waals surface area contributed by atoms with E-state index in [9.17, 15) is 14.9 Å². The van der Waals surface area contributed by atoms with Gasteiger partial charge in [-0.3, -0.25) is 14.9 Å². The predicted octanol–water partition coefficient (Wildman–Crippen LogP) is 0.587. The zero-order valence-corrected chi connectivity index (χ0v) is 8.79. The van der Waals surface area contributed by atoms with Crippen LogP contribution in [0.25, 0.3) is 0 Å². The lowest BCUT2D eigenvalue weighted by molar-refractivity contribution is -0.384. The molecule has 3 N–H and O–H groups in total. The van der Waals surface area contributed by atoms with Gasteiger partial charge in [0.15, 0.2) is 0 Å². The zero-order chi connectivity index (χ0) is 12.4. The third-order valence-electron chi connectivity index (χ3n) is 2.71. The van der Waals surface area contributed by atoms with Gasteiger partial charge in [-0.2, -0.15) is 0 Å². The number of hydrazine groups is 1. The molecule has 2 atom stereocenters. The van der Waals surface area contributed by atoms with Crippen molar-refractivity contribution in [1.82, 2.24) is 10.9 Å². The number of nitro groups is 1. The Hall–Kier alpha value is -1.99. The van der Waals surface area contributed by atoms with Gasteiger partial charge in [0.25, 0.3) is 5.69 Å². The van der Waals surface area contributed by atoms with Crippen LogP contribution < -0.4 is 10.9 Å². The first-order chi connectivity index (χ1) is 8.08. The minimum atomic E-state index is -0.915. The Bertz CT molecular complexity index is 445. The van der Waals surface area contributed by atoms with Crippen molar-refractivity contribution < 1.29 is 14.8 Å². The maximum Gasteiger partial charge on any atom is 0.322 e. The van der Waals surface area contributed by atoms with E-state index in [-0.39, 0.29) is 11.7 Å². The van der Waals surface area contributed by atoms with Crippen molar-refractivity contribution in [2.45, 2.75) is 18.5 Å². The lowest BCUT2D eigenvalue weighted by atomic mass is 10.0. The second kappa shape index (κ2) is 4.48. The Morgan fingerprint density at radius 2 is 2.00 bits per heavy atom. The molecular weight excluding hydrogens is 226 g/mol. The topological polar surface area (TPSA) is 104 Å². The van der Waals surface area contributed by atoms with E-state index in [2.05, 4.69) is 10.9 Å². The lowest BCUT2D eigenvalue weighted by Crippen LogP contribution is -2.36. The zero-order valence-electron chi connectivity index (χ0n) is 8.79. The molecule has 1 heterocycles. The molecule has 0 aliphatic carbocycles. The molecule has 90 valence electrons. The van der Waals surface area contributed by atoms with Gasteiger partial charge in [0.2, 0.25) is 0 Å². The molecule has 1 saturated heterocycles. The lowest BCUT2D eigenvalue weighted by Gasteiger charge is -2.08. The van der Waals surface area contributed by atoms with Crippen molar-refractivity contribution in [1.29, 1.82) is 0 Å². The summed E-state index contributed by atoms with van der Waals surface area (Å²) in [5.74, 6) is -0.915. The number of aliphatic carboxylic acids is 1. The molecular formula is C10H11N3O4. The smallest absolute Gasteiger partial charge is 0.322 e. The fourth-order valence-corrected chi connectivity index (χ4v) is 1.77. The first kappa shape index (κ1) is 11.5. The first-order valence-corrected chi connectivity index (χ1v) is 5.06. The summed E-state index contributed by atoms with van der Waals surface area (Å²) in [6.07, 6.45) is 0.410. The van der Waals surface area contributed by atoms with E-state index in [1.54, 1.807) is 12.1 Å². The van der Waals surface area contributed by atoms with Gasteiger partial charge in [-0.25, -0.2) is 10.9 Å². The van der Waals surface area contributed by atoms with E-state index in [1.165, 1.54) is 12.1 Å². The van der Waals surface area contributed by atoms with Crippen molar-refractivity contribution in [2.75, 3.05) is 0 Å². The number of nitrogens with one attached hydrogen (secondary N) is 2. The number of carboxylic acids is 1. The minimum Gasteiger partial charge on any atom is -0.480 e. The Morgan fingerprint density at radius 1 is 1.35 bits per heavy atom. The average Bonchev–Trinajstić information content (AvgIpc) is 2.78. The summed E-state index contributed by atoms with van der Waals surface area (Å²) >= 11 is 0. The van der Waals surface area contributed by atoms with Crippen LogP contribution in [0.3, 0.4) is 0 Å². The molecule has 0 saturated carbocycles. The number of hydrogen-bond donors (Lipinski definition) is 3. The second-order valence-corrected chi connectivity index (χ2v) is 3.82. The molecule has 0 aromatic heterocycles. The van der Waals surface area contributed by atoms with Crippen LogP contribution in [0.5, 0.6) is 0 Å². The van der Waals surface area contributed by atoms with Crippen molar-refractivity contribution in [3.63, 3.8) is 0 Å². The van der Waals surface area contributed by atoms with Crippen LogP contribution in [0.1, 0.15) is 18.0 Å². The molecule has 1 fully saturated rings. The highest BCUT2D eigenvalue weighted by Crippen LogP contribution is 2.24. The highest BCUT2D eigenvalue weighted by atomic mass is 16.6. The summed E-state index contributed by atoms with van der Waals surface area (Å²) in [5.41, 5.74) is 6.36. The third-order valence-corrected chi connectivity index (χ3v) is 2.71. The number of non-ortho nitro benzene ring substituents is 1. The average molecular weight is 237 g/mol. The fourth-order valence-electron chi connectivity index (χ4n) is 1.77. The quantitative estimate of drug-likeness (QED) is 0.525. The van der Waals surface area contributed by atoms with Crippen LogP contribution in [-0.2, 0) is 4.79 Å². The number of rotatable bonds is 3. The van der Waals surface area contributed by atoms with Crippen LogP contribution in [0.4, 0.5) is 5.69 Å². The highest BCUT2D eigenvalue weighted by Gasteiger charge is 2.29. The molecule has 1 aliphatic heterocycles. The number of carboxylic acid groups (broad SMARTS) is 1. The fraction of sp³-hybridized carbons (Fsp3) is 0.300. The van der Waals surface area contributed by atoms with Crippen LogP contribution in [-0.4, -0.2) is 22.0 Å². The Kier molecular flexibility index (Phi) is 3.03. The molecule has 2 unspecified atom stereocenters. The summed E-state index contributed by atoms with van der Waals surface area (Å²) in [5, 5.41) is 19.3. The van der Waals surface area contributed by atoms with E-state index in [0.717, 1.165) is 5.56 Å². The minimum absolute atomic E-state index is 0.0227. The Balaban J connectivity index is 2.09. The summed E-state index contributed by atoms with van der Waals surface area (Å²) < 4.78 is 0. The Morgan fingerprint density at radius 3 is 2.47 bits per heavy atom. The number of hydrogen-bond acceptors (Lipinski definition) is 5. The van der Waals surface area contributed by atoms with Gasteiger partial charge in [0.1, 0.15) is 6.04 Å². The van der Waals surface area contributed by atoms with Crippen LogP contribution in [0, 0.1) is 10.1 Å². The summed E-state index contributed by atoms with van der Waals surface area (Å²) in [6.45, 7) is 0. The van der Waals surface area contributed by atoms with E-state index in [0.29, 0.717) is 6.42 Å². The molecule has 17 heavy (non-hydrogen) atoms. The second-order valence-electron chi connectivity index (χ2n) is 3.82. The molecule has 2 rings (SSSR count). The first-order valence-electron chi connectivity index (χ1n) is 5.06. The standard InChI is InChI=1S/C10H11N3O4/c14-10(15)9-5-8(11-12-9)6-1-3-7(4-2-6)13(16)17/h1-4,8-9,11-12H,5H2,(H,14,15). The molecule has 0 bridgehead atoms. The molecule has 0 radical (unpaired) electrons. The van der Waals surface area contributed by atoms with Gasteiger partial charge in [-0.15, -0.1) is 0 Å². The van der Waals surface area contributed by atoms with Crippen LogP contribution in [0.15, 0.2) is 24.3 Å². The molecule has 0 spiro atoms. The normalized spacial score (nSPS) is 23.5.